The Balaban J connectivity index is 1.84. The summed E-state index contributed by atoms with van der Waals surface area (Å²) >= 11 is 0. The molecule has 3 aromatic rings. The third-order valence-corrected chi connectivity index (χ3v) is 3.76. The van der Waals surface area contributed by atoms with Crippen LogP contribution in [0.25, 0.3) is 11.3 Å². The van der Waals surface area contributed by atoms with Crippen LogP contribution < -0.4 is 4.74 Å². The van der Waals surface area contributed by atoms with Gasteiger partial charge in [-0.15, -0.1) is 0 Å². The molecule has 0 aliphatic carbocycles. The Labute approximate surface area is 150 Å². The summed E-state index contributed by atoms with van der Waals surface area (Å²) in [6, 6.07) is 14.3. The quantitative estimate of drug-likeness (QED) is 0.650. The summed E-state index contributed by atoms with van der Waals surface area (Å²) in [5, 5.41) is 9.55. The van der Waals surface area contributed by atoms with Gasteiger partial charge in [-0.1, -0.05) is 12.1 Å². The zero-order valence-corrected chi connectivity index (χ0v) is 14.4. The third-order valence-electron chi connectivity index (χ3n) is 3.76. The van der Waals surface area contributed by atoms with Crippen molar-refractivity contribution in [2.45, 2.75) is 13.5 Å². The average Bonchev–Trinajstić information content (AvgIpc) is 3.20. The Morgan fingerprint density at radius 3 is 2.65 bits per heavy atom. The van der Waals surface area contributed by atoms with E-state index >= 15 is 0 Å². The van der Waals surface area contributed by atoms with E-state index in [4.69, 9.17) is 9.15 Å². The van der Waals surface area contributed by atoms with E-state index in [1.807, 2.05) is 6.92 Å². The van der Waals surface area contributed by atoms with Gasteiger partial charge in [0, 0.05) is 11.3 Å². The normalized spacial score (nSPS) is 10.2. The Morgan fingerprint density at radius 1 is 1.27 bits per heavy atom. The summed E-state index contributed by atoms with van der Waals surface area (Å²) in [6.45, 7) is 2.04. The molecule has 0 amide bonds. The maximum atomic E-state index is 11.5. The molecule has 0 atom stereocenters. The summed E-state index contributed by atoms with van der Waals surface area (Å²) in [5.74, 6) is 0.433. The number of hydrogen-bond donors (Lipinski definition) is 0. The molecule has 1 aromatic carbocycles. The molecule has 0 unspecified atom stereocenters. The fourth-order valence-corrected chi connectivity index (χ4v) is 2.49. The van der Waals surface area contributed by atoms with Gasteiger partial charge in [-0.25, -0.2) is 9.78 Å². The molecule has 26 heavy (non-hydrogen) atoms. The highest BCUT2D eigenvalue weighted by Crippen LogP contribution is 2.30. The van der Waals surface area contributed by atoms with Crippen LogP contribution in [0.3, 0.4) is 0 Å². The maximum absolute atomic E-state index is 11.5. The van der Waals surface area contributed by atoms with E-state index in [2.05, 4.69) is 15.8 Å². The number of esters is 1. The highest BCUT2D eigenvalue weighted by molar-refractivity contribution is 5.89. The van der Waals surface area contributed by atoms with E-state index in [1.165, 1.54) is 7.11 Å². The number of ether oxygens (including phenoxy) is 2. The molecule has 0 spiro atoms. The van der Waals surface area contributed by atoms with Crippen LogP contribution in [0.1, 0.15) is 27.2 Å². The predicted octanol–water partition coefficient (Wildman–Crippen LogP) is 3.89. The SMILES string of the molecule is COC(=O)c1ccc(COc2nc(C)cc(-c3ccco3)c2C#N)cc1. The first-order valence-corrected chi connectivity index (χ1v) is 7.88. The lowest BCUT2D eigenvalue weighted by Crippen LogP contribution is -2.04. The number of carbonyl (C=O) groups excluding carboxylic acids is 1. The fourth-order valence-electron chi connectivity index (χ4n) is 2.49. The van der Waals surface area contributed by atoms with Crippen LogP contribution in [-0.4, -0.2) is 18.1 Å². The van der Waals surface area contributed by atoms with Gasteiger partial charge in [0.25, 0.3) is 0 Å². The van der Waals surface area contributed by atoms with E-state index < -0.39 is 5.97 Å². The molecular weight excluding hydrogens is 332 g/mol. The second kappa shape index (κ2) is 7.53. The van der Waals surface area contributed by atoms with Crippen LogP contribution in [0, 0.1) is 18.3 Å². The second-order valence-electron chi connectivity index (χ2n) is 5.56. The minimum atomic E-state index is -0.396. The summed E-state index contributed by atoms with van der Waals surface area (Å²) in [7, 11) is 1.34. The van der Waals surface area contributed by atoms with Crippen molar-refractivity contribution in [3.63, 3.8) is 0 Å². The summed E-state index contributed by atoms with van der Waals surface area (Å²) in [5.41, 5.74) is 2.97. The van der Waals surface area contributed by atoms with Crippen molar-refractivity contribution in [2.75, 3.05) is 7.11 Å². The van der Waals surface area contributed by atoms with Crippen LogP contribution in [0.5, 0.6) is 5.88 Å². The van der Waals surface area contributed by atoms with Crippen LogP contribution in [0.15, 0.2) is 53.1 Å². The molecule has 0 radical (unpaired) electrons. The monoisotopic (exact) mass is 348 g/mol. The molecule has 0 aliphatic heterocycles. The van der Waals surface area contributed by atoms with Gasteiger partial charge in [-0.3, -0.25) is 0 Å². The van der Waals surface area contributed by atoms with Gasteiger partial charge in [0.15, 0.2) is 0 Å². The number of benzene rings is 1. The fraction of sp³-hybridized carbons (Fsp3) is 0.150. The first-order valence-electron chi connectivity index (χ1n) is 7.88. The molecule has 6 heteroatoms. The number of pyridine rings is 1. The highest BCUT2D eigenvalue weighted by Gasteiger charge is 2.16. The molecule has 6 nitrogen and oxygen atoms in total. The molecule has 0 saturated heterocycles. The number of methoxy groups -OCH3 is 1. The maximum Gasteiger partial charge on any atom is 0.337 e. The second-order valence-corrected chi connectivity index (χ2v) is 5.56. The van der Waals surface area contributed by atoms with E-state index in [-0.39, 0.29) is 12.5 Å². The van der Waals surface area contributed by atoms with E-state index in [1.54, 1.807) is 48.7 Å². The number of hydrogen-bond acceptors (Lipinski definition) is 6. The largest absolute Gasteiger partial charge is 0.472 e. The summed E-state index contributed by atoms with van der Waals surface area (Å²) in [4.78, 5) is 15.8. The topological polar surface area (TPSA) is 85.3 Å². The van der Waals surface area contributed by atoms with Crippen molar-refractivity contribution in [2.24, 2.45) is 0 Å². The van der Waals surface area contributed by atoms with Crippen LogP contribution in [0.4, 0.5) is 0 Å². The van der Waals surface area contributed by atoms with Gasteiger partial charge in [0.05, 0.1) is 18.9 Å². The standard InChI is InChI=1S/C20H16N2O4/c1-13-10-16(18-4-3-9-25-18)17(11-21)19(22-13)26-12-14-5-7-15(8-6-14)20(23)24-2/h3-10H,12H2,1-2H3. The number of furan rings is 1. The number of nitriles is 1. The van der Waals surface area contributed by atoms with Gasteiger partial charge < -0.3 is 13.9 Å². The predicted molar refractivity (Wildman–Crippen MR) is 93.5 cm³/mol. The van der Waals surface area contributed by atoms with Crippen molar-refractivity contribution in [1.82, 2.24) is 4.98 Å². The lowest BCUT2D eigenvalue weighted by Gasteiger charge is -2.11. The third kappa shape index (κ3) is 3.57. The molecule has 2 aromatic heterocycles. The van der Waals surface area contributed by atoms with E-state index in [9.17, 15) is 10.1 Å². The van der Waals surface area contributed by atoms with Crippen molar-refractivity contribution in [1.29, 1.82) is 5.26 Å². The molecule has 3 rings (SSSR count). The zero-order valence-electron chi connectivity index (χ0n) is 14.4. The highest BCUT2D eigenvalue weighted by atomic mass is 16.5. The summed E-state index contributed by atoms with van der Waals surface area (Å²) in [6.07, 6.45) is 1.55. The number of carbonyl (C=O) groups is 1. The van der Waals surface area contributed by atoms with E-state index in [0.717, 1.165) is 5.56 Å². The lowest BCUT2D eigenvalue weighted by molar-refractivity contribution is 0.0600. The van der Waals surface area contributed by atoms with Crippen molar-refractivity contribution in [3.05, 3.63) is 71.1 Å². The van der Waals surface area contributed by atoms with E-state index in [0.29, 0.717) is 28.1 Å². The molecule has 0 N–H and O–H groups in total. The zero-order chi connectivity index (χ0) is 18.5. The number of aromatic nitrogens is 1. The number of aryl methyl sites for hydroxylation is 1. The van der Waals surface area contributed by atoms with Crippen molar-refractivity contribution < 1.29 is 18.7 Å². The van der Waals surface area contributed by atoms with Crippen LogP contribution >= 0.6 is 0 Å². The Bertz CT molecular complexity index is 955. The molecule has 0 fully saturated rings. The average molecular weight is 348 g/mol. The molecular formula is C20H16N2O4. The molecule has 130 valence electrons. The summed E-state index contributed by atoms with van der Waals surface area (Å²) < 4.78 is 15.8. The number of rotatable bonds is 5. The van der Waals surface area contributed by atoms with Crippen LogP contribution in [-0.2, 0) is 11.3 Å². The Morgan fingerprint density at radius 2 is 2.04 bits per heavy atom. The molecule has 0 bridgehead atoms. The van der Waals surface area contributed by atoms with Gasteiger partial charge in [0.1, 0.15) is 24.0 Å². The van der Waals surface area contributed by atoms with Gasteiger partial charge in [-0.05, 0) is 42.8 Å². The van der Waals surface area contributed by atoms with Gasteiger partial charge in [0.2, 0.25) is 5.88 Å². The van der Waals surface area contributed by atoms with Gasteiger partial charge >= 0.3 is 5.97 Å². The smallest absolute Gasteiger partial charge is 0.337 e. The first kappa shape index (κ1) is 17.2. The first-order chi connectivity index (χ1) is 12.6. The molecule has 0 aliphatic rings. The molecule has 0 saturated carbocycles. The van der Waals surface area contributed by atoms with Crippen molar-refractivity contribution in [3.8, 4) is 23.3 Å². The minimum Gasteiger partial charge on any atom is -0.472 e. The lowest BCUT2D eigenvalue weighted by atomic mass is 10.1. The molecule has 2 heterocycles. The van der Waals surface area contributed by atoms with Crippen LogP contribution in [0.2, 0.25) is 0 Å². The Kier molecular flexibility index (Phi) is 4.99. The minimum absolute atomic E-state index is 0.212. The Hall–Kier alpha value is -3.59. The number of nitrogens with zero attached hydrogens (tertiary/aromatic N) is 2. The van der Waals surface area contributed by atoms with Crippen molar-refractivity contribution >= 4 is 5.97 Å². The van der Waals surface area contributed by atoms with Gasteiger partial charge in [-0.2, -0.15) is 5.26 Å².